The number of imidazole rings is 1. The number of nitrogens with zero attached hydrogens (tertiary/aromatic N) is 6. The summed E-state index contributed by atoms with van der Waals surface area (Å²) in [7, 11) is 3.99. The highest BCUT2D eigenvalue weighted by Gasteiger charge is 2.47. The standard InChI is InChI=1S/C90H122N20O21S2/c1-10-12-22-68-83(124)100-61(33-48(3)4)81(122)105-67(79(120)95-42-74(92)114)45-132-46-75(115)98-64(34-51-26-28-55(111)29-27-51)86(127)106(7)50(6)78(119)104-66(39-73(91)113)89(130)109-32-18-24-69(109)84(125)102-63(37-54-41-93-47-96-54)82(123)99-60(30-31-76(116)117)88(129)110-43-56(112)38-71(110)85(126)101-62(35-52-40-94-59-21-16-14-19-57(52)59)80(121)97-49(5)77(118)103-65(36-53-44-133-72-25-17-15-20-58(53)72)87(128)108(9)70(23-13-11-2)90(131)107(68)8/h14-17,19-21,25-29,40-41,44,47-50,56,60-71,94,111-112H,10-13,18,22-24,30-39,42-43,45-46H2,1-9H3,(H2,91,113)(H2,92,114)(H,93,96)(H,95,120)(H,97,121)(H,98,115)(H,99,123)(H,100,124)(H,101,126)(H,102,125)(H,103,118)(H,104,119)(H,105,122)(H,116,117)/t49-,50+,56-,60+,61+,62+,63+,64+,65+,66-,67+,68+,69+,70+,71+/m1/s1. The number of aromatic amines is 2. The van der Waals surface area contributed by atoms with E-state index in [-0.39, 0.29) is 75.3 Å². The number of hydrogen-bond donors (Lipinski definition) is 17. The van der Waals surface area contributed by atoms with Crippen molar-refractivity contribution < 1.29 is 102 Å². The number of carboxylic acids is 1. The highest BCUT2D eigenvalue weighted by atomic mass is 32.2. The van der Waals surface area contributed by atoms with Crippen LogP contribution in [-0.4, -0.2) is 304 Å². The number of benzene rings is 3. The summed E-state index contributed by atoms with van der Waals surface area (Å²) in [6, 6.07) is -1.70. The highest BCUT2D eigenvalue weighted by Crippen LogP contribution is 2.30. The normalized spacial score (nSPS) is 25.0. The number of carbonyl (C=O) groups is 18. The molecule has 3 aromatic carbocycles. The van der Waals surface area contributed by atoms with Crippen molar-refractivity contribution in [3.05, 3.63) is 119 Å². The van der Waals surface area contributed by atoms with Gasteiger partial charge in [0.2, 0.25) is 100 Å². The quantitative estimate of drug-likeness (QED) is 0.0361. The number of carbonyl (C=O) groups excluding carboxylic acids is 17. The summed E-state index contributed by atoms with van der Waals surface area (Å²) in [5.41, 5.74) is 13.5. The van der Waals surface area contributed by atoms with Gasteiger partial charge >= 0.3 is 5.97 Å². The zero-order valence-corrected chi connectivity index (χ0v) is 77.5. The molecular weight excluding hydrogens is 1760 g/mol. The molecular formula is C90H122N20O21S2. The van der Waals surface area contributed by atoms with Crippen LogP contribution in [0.15, 0.2) is 96.9 Å². The van der Waals surface area contributed by atoms with Crippen LogP contribution in [0.5, 0.6) is 5.75 Å². The maximum Gasteiger partial charge on any atom is 0.303 e. The molecule has 19 N–H and O–H groups in total. The van der Waals surface area contributed by atoms with Crippen molar-refractivity contribution in [3.8, 4) is 5.75 Å². The number of aliphatic carboxylic acids is 1. The maximum atomic E-state index is 15.7. The van der Waals surface area contributed by atoms with E-state index in [1.807, 2.05) is 37.4 Å². The molecule has 3 saturated heterocycles. The third-order valence-electron chi connectivity index (χ3n) is 23.8. The van der Waals surface area contributed by atoms with Crippen LogP contribution in [0.3, 0.4) is 0 Å². The number of phenolic OH excluding ortho intramolecular Hbond substituents is 1. The molecule has 3 fully saturated rings. The van der Waals surface area contributed by atoms with Gasteiger partial charge in [-0.2, -0.15) is 0 Å². The van der Waals surface area contributed by atoms with E-state index in [1.165, 1.54) is 92.9 Å². The number of aliphatic hydroxyl groups is 1. The average molecular weight is 1880 g/mol. The minimum Gasteiger partial charge on any atom is -0.508 e. The minimum atomic E-state index is -1.82. The summed E-state index contributed by atoms with van der Waals surface area (Å²) in [4.78, 5) is 277. The van der Waals surface area contributed by atoms with Gasteiger partial charge in [-0.1, -0.05) is 102 Å². The van der Waals surface area contributed by atoms with Crippen LogP contribution >= 0.6 is 23.1 Å². The number of unbranched alkanes of at least 4 members (excludes halogenated alkanes) is 2. The molecule has 17 amide bonds. The molecule has 6 aromatic rings. The Morgan fingerprint density at radius 3 is 1.82 bits per heavy atom. The number of fused-ring (bicyclic) bond motifs is 4. The number of amides is 17. The number of nitrogens with two attached hydrogens (primary N) is 2. The van der Waals surface area contributed by atoms with Crippen molar-refractivity contribution in [2.45, 2.75) is 241 Å². The lowest BCUT2D eigenvalue weighted by Gasteiger charge is -2.36. The molecule has 0 saturated carbocycles. The SMILES string of the molecule is CCCC[C@H]1C(=O)N(C)[C@@H](CCCC)C(=O)N[C@@H](CC(C)C)C(=O)N[C@H](C(=O)NCC(N)=O)CSCC(=O)N[C@@H](Cc2ccc(O)cc2)C(=O)N(C)[C@@H](C)C(=O)N[C@H](CC(N)=O)C(=O)N2CCC[C@H]2C(=O)N[C@@H](Cc2c[nH]cn2)C(=O)N[C@@H](CCC(=O)O)C(=O)N2C[C@H](O)C[C@H]2C(=O)N[C@@H](Cc2c[nH]c3ccccc23)C(=O)N[C@H](C)C(=O)N[C@@H](Cc2csc3ccccc23)C(=O)N1C. The number of rotatable bonds is 24. The van der Waals surface area contributed by atoms with Gasteiger partial charge < -0.3 is 114 Å². The summed E-state index contributed by atoms with van der Waals surface area (Å²) in [5, 5.41) is 61.4. The van der Waals surface area contributed by atoms with E-state index in [9.17, 15) is 68.1 Å². The van der Waals surface area contributed by atoms with Crippen LogP contribution in [0.2, 0.25) is 0 Å². The summed E-state index contributed by atoms with van der Waals surface area (Å²) >= 11 is 2.17. The van der Waals surface area contributed by atoms with Gasteiger partial charge in [0.25, 0.3) is 0 Å². The van der Waals surface area contributed by atoms with Gasteiger partial charge in [0.15, 0.2) is 0 Å². The minimum absolute atomic E-state index is 0.0408. The number of aromatic nitrogens is 3. The smallest absolute Gasteiger partial charge is 0.303 e. The molecule has 0 unspecified atom stereocenters. The Balaban J connectivity index is 1.09. The van der Waals surface area contributed by atoms with Gasteiger partial charge in [0.1, 0.15) is 90.3 Å². The third-order valence-corrected chi connectivity index (χ3v) is 25.8. The molecule has 15 atom stereocenters. The Hall–Kier alpha value is -13.1. The van der Waals surface area contributed by atoms with Crippen molar-refractivity contribution >= 4 is 150 Å². The van der Waals surface area contributed by atoms with E-state index in [2.05, 4.69) is 68.1 Å². The van der Waals surface area contributed by atoms with Crippen molar-refractivity contribution in [1.82, 2.24) is 92.6 Å². The number of phenols is 1. The number of para-hydroxylation sites is 1. The number of nitrogens with one attached hydrogen (secondary N) is 12. The van der Waals surface area contributed by atoms with Gasteiger partial charge in [-0.25, -0.2) is 4.98 Å². The first-order valence-electron chi connectivity index (χ1n) is 44.5. The number of thiophene rings is 1. The van der Waals surface area contributed by atoms with Crippen molar-refractivity contribution in [3.63, 3.8) is 0 Å². The molecule has 41 nitrogen and oxygen atoms in total. The fourth-order valence-corrected chi connectivity index (χ4v) is 18.2. The van der Waals surface area contributed by atoms with E-state index in [0.717, 1.165) is 36.5 Å². The molecule has 3 aromatic heterocycles. The average Bonchev–Trinajstić information content (AvgIpc) is 1.73. The largest absolute Gasteiger partial charge is 0.508 e. The van der Waals surface area contributed by atoms with Crippen LogP contribution in [0.1, 0.15) is 147 Å². The van der Waals surface area contributed by atoms with E-state index >= 15 is 33.6 Å². The molecule has 3 aliphatic heterocycles. The first-order chi connectivity index (χ1) is 63.2. The molecule has 0 bridgehead atoms. The number of likely N-dealkylation sites (N-methyl/N-ethyl adjacent to an activating group) is 3. The monoisotopic (exact) mass is 1880 g/mol. The topological polar surface area (TPSA) is 601 Å². The molecule has 133 heavy (non-hydrogen) atoms. The lowest BCUT2D eigenvalue weighted by molar-refractivity contribution is -0.149. The van der Waals surface area contributed by atoms with E-state index < -0.39 is 254 Å². The van der Waals surface area contributed by atoms with Gasteiger partial charge in [-0.05, 0) is 110 Å². The van der Waals surface area contributed by atoms with Gasteiger partial charge in [0.05, 0.1) is 36.8 Å². The zero-order valence-electron chi connectivity index (χ0n) is 75.9. The van der Waals surface area contributed by atoms with Crippen LogP contribution in [0.25, 0.3) is 21.0 Å². The molecule has 720 valence electrons. The molecule has 9 rings (SSSR count). The number of primary amides is 2. The number of hydrogen-bond acceptors (Lipinski definition) is 23. The first-order valence-corrected chi connectivity index (χ1v) is 46.5. The molecule has 43 heteroatoms. The number of thioether (sulfide) groups is 1. The Bertz CT molecular complexity index is 5190. The zero-order chi connectivity index (χ0) is 97.2. The highest BCUT2D eigenvalue weighted by molar-refractivity contribution is 8.00. The second-order valence-electron chi connectivity index (χ2n) is 34.3. The van der Waals surface area contributed by atoms with Gasteiger partial charge in [-0.3, -0.25) is 86.3 Å². The fraction of sp³-hybridized carbons (Fsp3) is 0.522. The Kier molecular flexibility index (Phi) is 38.1. The maximum absolute atomic E-state index is 15.7. The fourth-order valence-electron chi connectivity index (χ4n) is 16.3. The van der Waals surface area contributed by atoms with Crippen molar-refractivity contribution in [1.29, 1.82) is 0 Å². The third kappa shape index (κ3) is 28.7. The number of aliphatic hydroxyl groups excluding tert-OH is 1. The summed E-state index contributed by atoms with van der Waals surface area (Å²) < 4.78 is 0.842. The number of carboxylic acid groups (broad SMARTS) is 1. The van der Waals surface area contributed by atoms with E-state index in [1.54, 1.807) is 50.4 Å². The summed E-state index contributed by atoms with van der Waals surface area (Å²) in [6.07, 6.45) is 0.919. The van der Waals surface area contributed by atoms with Crippen LogP contribution in [0.4, 0.5) is 0 Å². The second-order valence-corrected chi connectivity index (χ2v) is 36.2. The molecule has 0 spiro atoms. The molecule has 0 radical (unpaired) electrons. The second kappa shape index (κ2) is 48.9. The lowest BCUT2D eigenvalue weighted by Crippen LogP contribution is -2.61. The predicted octanol–water partition coefficient (Wildman–Crippen LogP) is -0.566. The van der Waals surface area contributed by atoms with E-state index in [0.29, 0.717) is 53.3 Å². The Morgan fingerprint density at radius 1 is 0.571 bits per heavy atom. The predicted molar refractivity (Wildman–Crippen MR) is 490 cm³/mol. The number of aromatic hydroxyl groups is 1. The van der Waals surface area contributed by atoms with Gasteiger partial charge in [0, 0.05) is 107 Å². The molecule has 3 aliphatic rings. The van der Waals surface area contributed by atoms with E-state index in [4.69, 9.17) is 11.5 Å². The summed E-state index contributed by atoms with van der Waals surface area (Å²) in [6.45, 7) is 8.44. The van der Waals surface area contributed by atoms with Crippen LogP contribution in [-0.2, 0) is 112 Å². The Morgan fingerprint density at radius 2 is 1.16 bits per heavy atom. The number of H-pyrrole nitrogens is 2. The van der Waals surface area contributed by atoms with Gasteiger partial charge in [-0.15, -0.1) is 23.1 Å². The van der Waals surface area contributed by atoms with Crippen LogP contribution < -0.4 is 64.6 Å². The lowest BCUT2D eigenvalue weighted by atomic mass is 9.99. The Labute approximate surface area is 776 Å². The molecule has 0 aliphatic carbocycles. The summed E-state index contributed by atoms with van der Waals surface area (Å²) in [5.74, 6) is -18.8. The molecule has 6 heterocycles. The van der Waals surface area contributed by atoms with Crippen molar-refractivity contribution in [2.24, 2.45) is 17.4 Å². The first kappa shape index (κ1) is 104. The van der Waals surface area contributed by atoms with Crippen molar-refractivity contribution in [2.75, 3.05) is 52.3 Å². The van der Waals surface area contributed by atoms with Crippen LogP contribution in [0, 0.1) is 5.92 Å².